The molecule has 6 heteroatoms. The van der Waals surface area contributed by atoms with Crippen molar-refractivity contribution in [3.05, 3.63) is 18.7 Å². The molecule has 1 aliphatic rings. The first-order valence-corrected chi connectivity index (χ1v) is 6.64. The van der Waals surface area contributed by atoms with Gasteiger partial charge < -0.3 is 14.2 Å². The van der Waals surface area contributed by atoms with Crippen molar-refractivity contribution < 1.29 is 14.3 Å². The van der Waals surface area contributed by atoms with Crippen molar-refractivity contribution in [1.29, 1.82) is 0 Å². The summed E-state index contributed by atoms with van der Waals surface area (Å²) in [7, 11) is 0. The van der Waals surface area contributed by atoms with E-state index < -0.39 is 6.04 Å². The second kappa shape index (κ2) is 6.36. The van der Waals surface area contributed by atoms with Crippen LogP contribution < -0.4 is 0 Å². The van der Waals surface area contributed by atoms with Gasteiger partial charge in [-0.15, -0.1) is 0 Å². The van der Waals surface area contributed by atoms with Crippen molar-refractivity contribution in [2.24, 2.45) is 0 Å². The zero-order valence-corrected chi connectivity index (χ0v) is 11.1. The smallest absolute Gasteiger partial charge is 0.328 e. The number of imidazole rings is 1. The van der Waals surface area contributed by atoms with Crippen LogP contribution in [0.4, 0.5) is 0 Å². The molecular weight excluding hydrogens is 246 g/mol. The molecule has 104 valence electrons. The first kappa shape index (κ1) is 13.6. The van der Waals surface area contributed by atoms with Gasteiger partial charge in [-0.3, -0.25) is 4.79 Å². The molecule has 1 atom stereocenters. The summed E-state index contributed by atoms with van der Waals surface area (Å²) in [6.45, 7) is 3.36. The number of aryl methyl sites for hydroxylation is 1. The van der Waals surface area contributed by atoms with Crippen molar-refractivity contribution in [3.8, 4) is 0 Å². The topological polar surface area (TPSA) is 64.4 Å². The summed E-state index contributed by atoms with van der Waals surface area (Å²) in [5, 5.41) is 0. The number of rotatable bonds is 5. The van der Waals surface area contributed by atoms with Crippen LogP contribution in [0.15, 0.2) is 18.7 Å². The quantitative estimate of drug-likeness (QED) is 0.740. The maximum Gasteiger partial charge on any atom is 0.328 e. The molecule has 6 nitrogen and oxygen atoms in total. The number of nitrogens with zero attached hydrogens (tertiary/aromatic N) is 3. The van der Waals surface area contributed by atoms with Crippen molar-refractivity contribution in [3.63, 3.8) is 0 Å². The van der Waals surface area contributed by atoms with E-state index in [9.17, 15) is 9.59 Å². The van der Waals surface area contributed by atoms with Crippen molar-refractivity contribution in [2.45, 2.75) is 38.8 Å². The number of esters is 1. The van der Waals surface area contributed by atoms with E-state index in [1.807, 2.05) is 10.8 Å². The lowest BCUT2D eigenvalue weighted by molar-refractivity contribution is -0.153. The Kier molecular flexibility index (Phi) is 4.54. The minimum absolute atomic E-state index is 0.00394. The first-order valence-electron chi connectivity index (χ1n) is 6.64. The van der Waals surface area contributed by atoms with Gasteiger partial charge in [-0.25, -0.2) is 9.78 Å². The lowest BCUT2D eigenvalue weighted by atomic mass is 10.2. The SMILES string of the molecule is CCOC(=O)C1CCCN1C(=O)CCn1ccnc1. The molecule has 1 saturated heterocycles. The van der Waals surface area contributed by atoms with Gasteiger partial charge in [-0.2, -0.15) is 0 Å². The highest BCUT2D eigenvalue weighted by atomic mass is 16.5. The molecule has 1 fully saturated rings. The summed E-state index contributed by atoms with van der Waals surface area (Å²) in [6.07, 6.45) is 7.13. The zero-order valence-electron chi connectivity index (χ0n) is 11.1. The third-order valence-corrected chi connectivity index (χ3v) is 3.27. The first-order chi connectivity index (χ1) is 9.22. The Morgan fingerprint density at radius 2 is 2.32 bits per heavy atom. The van der Waals surface area contributed by atoms with Crippen LogP contribution in [-0.4, -0.2) is 45.5 Å². The van der Waals surface area contributed by atoms with Gasteiger partial charge in [0.25, 0.3) is 0 Å². The van der Waals surface area contributed by atoms with Crippen molar-refractivity contribution in [2.75, 3.05) is 13.2 Å². The summed E-state index contributed by atoms with van der Waals surface area (Å²) < 4.78 is 6.86. The lowest BCUT2D eigenvalue weighted by Crippen LogP contribution is -2.41. The Balaban J connectivity index is 1.88. The van der Waals surface area contributed by atoms with E-state index >= 15 is 0 Å². The monoisotopic (exact) mass is 265 g/mol. The minimum Gasteiger partial charge on any atom is -0.464 e. The Morgan fingerprint density at radius 3 is 3.00 bits per heavy atom. The highest BCUT2D eigenvalue weighted by Crippen LogP contribution is 2.19. The summed E-state index contributed by atoms with van der Waals surface area (Å²) >= 11 is 0. The number of aromatic nitrogens is 2. The molecule has 2 heterocycles. The van der Waals surface area contributed by atoms with Crippen LogP contribution in [0.2, 0.25) is 0 Å². The van der Waals surface area contributed by atoms with Crippen LogP contribution in [0, 0.1) is 0 Å². The molecule has 0 saturated carbocycles. The molecule has 1 unspecified atom stereocenters. The largest absolute Gasteiger partial charge is 0.464 e. The third kappa shape index (κ3) is 3.33. The highest BCUT2D eigenvalue weighted by Gasteiger charge is 2.34. The van der Waals surface area contributed by atoms with Crippen LogP contribution in [0.3, 0.4) is 0 Å². The predicted molar refractivity (Wildman–Crippen MR) is 68.2 cm³/mol. The minimum atomic E-state index is -0.393. The van der Waals surface area contributed by atoms with Gasteiger partial charge >= 0.3 is 5.97 Å². The zero-order chi connectivity index (χ0) is 13.7. The van der Waals surface area contributed by atoms with E-state index in [1.54, 1.807) is 24.3 Å². The Bertz CT molecular complexity index is 430. The van der Waals surface area contributed by atoms with E-state index in [2.05, 4.69) is 4.98 Å². The maximum absolute atomic E-state index is 12.1. The van der Waals surface area contributed by atoms with Crippen molar-refractivity contribution in [1.82, 2.24) is 14.5 Å². The fourth-order valence-electron chi connectivity index (χ4n) is 2.34. The van der Waals surface area contributed by atoms with E-state index in [0.717, 1.165) is 6.42 Å². The van der Waals surface area contributed by atoms with Crippen LogP contribution in [0.25, 0.3) is 0 Å². The van der Waals surface area contributed by atoms with Gasteiger partial charge in [0.2, 0.25) is 5.91 Å². The second-order valence-corrected chi connectivity index (χ2v) is 4.55. The molecule has 2 rings (SSSR count). The van der Waals surface area contributed by atoms with Gasteiger partial charge in [-0.1, -0.05) is 0 Å². The average Bonchev–Trinajstić information content (AvgIpc) is 3.07. The molecule has 0 aromatic carbocycles. The molecule has 1 aromatic rings. The summed E-state index contributed by atoms with van der Waals surface area (Å²) in [4.78, 5) is 29.5. The van der Waals surface area contributed by atoms with E-state index in [4.69, 9.17) is 4.74 Å². The molecule has 1 amide bonds. The number of hydrogen-bond donors (Lipinski definition) is 0. The summed E-state index contributed by atoms with van der Waals surface area (Å²) in [6, 6.07) is -0.393. The molecular formula is C13H19N3O3. The number of hydrogen-bond acceptors (Lipinski definition) is 4. The number of ether oxygens (including phenoxy) is 1. The van der Waals surface area contributed by atoms with Crippen LogP contribution in [0.5, 0.6) is 0 Å². The van der Waals surface area contributed by atoms with Crippen LogP contribution in [0.1, 0.15) is 26.2 Å². The lowest BCUT2D eigenvalue weighted by Gasteiger charge is -2.23. The van der Waals surface area contributed by atoms with Crippen molar-refractivity contribution >= 4 is 11.9 Å². The number of likely N-dealkylation sites (tertiary alicyclic amines) is 1. The predicted octanol–water partition coefficient (Wildman–Crippen LogP) is 0.827. The molecule has 0 bridgehead atoms. The molecule has 0 radical (unpaired) electrons. The normalized spacial score (nSPS) is 18.6. The van der Waals surface area contributed by atoms with E-state index in [-0.39, 0.29) is 11.9 Å². The Hall–Kier alpha value is -1.85. The standard InChI is InChI=1S/C13H19N3O3/c1-2-19-13(18)11-4-3-7-16(11)12(17)5-8-15-9-6-14-10-15/h6,9-11H,2-5,7-8H2,1H3. The maximum atomic E-state index is 12.1. The Labute approximate surface area is 112 Å². The Morgan fingerprint density at radius 1 is 1.47 bits per heavy atom. The van der Waals surface area contributed by atoms with Gasteiger partial charge in [0, 0.05) is 31.9 Å². The van der Waals surface area contributed by atoms with Crippen LogP contribution in [-0.2, 0) is 20.9 Å². The molecule has 1 aliphatic heterocycles. The highest BCUT2D eigenvalue weighted by molar-refractivity contribution is 5.85. The number of carbonyl (C=O) groups is 2. The van der Waals surface area contributed by atoms with Gasteiger partial charge in [0.05, 0.1) is 12.9 Å². The fourth-order valence-corrected chi connectivity index (χ4v) is 2.34. The molecule has 1 aromatic heterocycles. The van der Waals surface area contributed by atoms with Gasteiger partial charge in [0.1, 0.15) is 6.04 Å². The van der Waals surface area contributed by atoms with Gasteiger partial charge in [-0.05, 0) is 19.8 Å². The molecule has 19 heavy (non-hydrogen) atoms. The van der Waals surface area contributed by atoms with Crippen LogP contribution >= 0.6 is 0 Å². The van der Waals surface area contributed by atoms with E-state index in [1.165, 1.54) is 0 Å². The molecule has 0 N–H and O–H groups in total. The van der Waals surface area contributed by atoms with E-state index in [0.29, 0.717) is 32.5 Å². The number of amides is 1. The molecule has 0 aliphatic carbocycles. The second-order valence-electron chi connectivity index (χ2n) is 4.55. The van der Waals surface area contributed by atoms with Gasteiger partial charge in [0.15, 0.2) is 0 Å². The molecule has 0 spiro atoms. The number of carbonyl (C=O) groups excluding carboxylic acids is 2. The average molecular weight is 265 g/mol. The third-order valence-electron chi connectivity index (χ3n) is 3.27. The summed E-state index contributed by atoms with van der Waals surface area (Å²) in [5.74, 6) is -0.278. The fraction of sp³-hybridized carbons (Fsp3) is 0.615. The summed E-state index contributed by atoms with van der Waals surface area (Å²) in [5.41, 5.74) is 0.